The maximum atomic E-state index is 12.0. The Hall–Kier alpha value is -0.660. The van der Waals surface area contributed by atoms with Gasteiger partial charge in [0.2, 0.25) is 15.9 Å². The minimum atomic E-state index is -3.18. The Morgan fingerprint density at radius 1 is 1.24 bits per heavy atom. The maximum Gasteiger partial charge on any atom is 0.231 e. The number of carbonyl (C=O) groups excluding carboxylic acids is 1. The molecule has 100 valence electrons. The lowest BCUT2D eigenvalue weighted by Crippen LogP contribution is -2.40. The van der Waals surface area contributed by atoms with Crippen LogP contribution in [-0.4, -0.2) is 61.5 Å². The van der Waals surface area contributed by atoms with E-state index < -0.39 is 15.3 Å². The van der Waals surface area contributed by atoms with E-state index in [0.717, 1.165) is 6.42 Å². The molecule has 0 unspecified atom stereocenters. The Morgan fingerprint density at radius 2 is 1.88 bits per heavy atom. The van der Waals surface area contributed by atoms with Gasteiger partial charge in [0, 0.05) is 19.6 Å². The average molecular weight is 263 g/mol. The second-order valence-electron chi connectivity index (χ2n) is 4.59. The molecule has 0 saturated carbocycles. The molecular weight excluding hydrogens is 242 g/mol. The quantitative estimate of drug-likeness (QED) is 0.721. The molecule has 17 heavy (non-hydrogen) atoms. The van der Waals surface area contributed by atoms with Crippen molar-refractivity contribution in [3.05, 3.63) is 0 Å². The molecule has 0 bridgehead atoms. The molecule has 2 N–H and O–H groups in total. The fourth-order valence-corrected chi connectivity index (χ4v) is 3.19. The molecule has 0 aromatic heterocycles. The van der Waals surface area contributed by atoms with E-state index in [1.165, 1.54) is 4.31 Å². The average Bonchev–Trinajstić information content (AvgIpc) is 2.42. The third kappa shape index (κ3) is 3.93. The Labute approximate surface area is 103 Å². The van der Waals surface area contributed by atoms with Crippen LogP contribution in [0.3, 0.4) is 0 Å². The minimum absolute atomic E-state index is 0.204. The number of hydrogen-bond acceptors (Lipinski definition) is 4. The second-order valence-corrected chi connectivity index (χ2v) is 7.08. The summed E-state index contributed by atoms with van der Waals surface area (Å²) in [6.07, 6.45) is 0.735. The smallest absolute Gasteiger partial charge is 0.231 e. The van der Waals surface area contributed by atoms with Crippen molar-refractivity contribution in [2.75, 3.05) is 32.7 Å². The van der Waals surface area contributed by atoms with Crippen molar-refractivity contribution in [2.24, 2.45) is 5.73 Å². The molecule has 1 amide bonds. The fourth-order valence-electron chi connectivity index (χ4n) is 1.88. The highest BCUT2D eigenvalue weighted by atomic mass is 32.2. The van der Waals surface area contributed by atoms with E-state index in [0.29, 0.717) is 26.2 Å². The normalized spacial score (nSPS) is 20.4. The zero-order valence-corrected chi connectivity index (χ0v) is 11.2. The van der Waals surface area contributed by atoms with E-state index in [4.69, 9.17) is 5.73 Å². The van der Waals surface area contributed by atoms with E-state index in [-0.39, 0.29) is 12.5 Å². The summed E-state index contributed by atoms with van der Waals surface area (Å²) in [6.45, 7) is 5.81. The van der Waals surface area contributed by atoms with Crippen LogP contribution in [0, 0.1) is 0 Å². The van der Waals surface area contributed by atoms with Gasteiger partial charge in [0.05, 0.1) is 11.8 Å². The molecule has 1 saturated heterocycles. The number of hydrogen-bond donors (Lipinski definition) is 1. The van der Waals surface area contributed by atoms with Crippen LogP contribution in [0.4, 0.5) is 0 Å². The Kier molecular flexibility index (Phi) is 4.91. The molecule has 1 aliphatic heterocycles. The topological polar surface area (TPSA) is 83.7 Å². The molecule has 0 spiro atoms. The monoisotopic (exact) mass is 263 g/mol. The van der Waals surface area contributed by atoms with E-state index >= 15 is 0 Å². The van der Waals surface area contributed by atoms with Gasteiger partial charge in [-0.25, -0.2) is 12.7 Å². The summed E-state index contributed by atoms with van der Waals surface area (Å²) in [6, 6.07) is 0. The zero-order valence-electron chi connectivity index (χ0n) is 10.4. The van der Waals surface area contributed by atoms with Gasteiger partial charge in [0.15, 0.2) is 0 Å². The van der Waals surface area contributed by atoms with E-state index in [1.54, 1.807) is 13.8 Å². The number of amides is 1. The highest BCUT2D eigenvalue weighted by molar-refractivity contribution is 7.89. The lowest BCUT2D eigenvalue weighted by molar-refractivity contribution is -0.119. The summed E-state index contributed by atoms with van der Waals surface area (Å²) < 4.78 is 25.5. The van der Waals surface area contributed by atoms with Crippen LogP contribution in [0.25, 0.3) is 0 Å². The van der Waals surface area contributed by atoms with Gasteiger partial charge in [-0.2, -0.15) is 0 Å². The fraction of sp³-hybridized carbons (Fsp3) is 0.900. The SMILES string of the molecule is CC(C)S(=O)(=O)N1CCCN(CC(N)=O)CC1. The van der Waals surface area contributed by atoms with Crippen LogP contribution < -0.4 is 5.73 Å². The van der Waals surface area contributed by atoms with Crippen molar-refractivity contribution < 1.29 is 13.2 Å². The van der Waals surface area contributed by atoms with Gasteiger partial charge >= 0.3 is 0 Å². The van der Waals surface area contributed by atoms with Crippen LogP contribution in [0.15, 0.2) is 0 Å². The predicted molar refractivity (Wildman–Crippen MR) is 65.9 cm³/mol. The second kappa shape index (κ2) is 5.79. The van der Waals surface area contributed by atoms with Gasteiger partial charge < -0.3 is 5.73 Å². The van der Waals surface area contributed by atoms with Crippen molar-refractivity contribution >= 4 is 15.9 Å². The highest BCUT2D eigenvalue weighted by Gasteiger charge is 2.27. The number of nitrogens with zero attached hydrogens (tertiary/aromatic N) is 2. The lowest BCUT2D eigenvalue weighted by atomic mass is 10.4. The van der Waals surface area contributed by atoms with Crippen molar-refractivity contribution in [3.63, 3.8) is 0 Å². The first-order valence-electron chi connectivity index (χ1n) is 5.83. The van der Waals surface area contributed by atoms with Crippen LogP contribution >= 0.6 is 0 Å². The summed E-state index contributed by atoms with van der Waals surface area (Å²) in [5, 5.41) is -0.398. The van der Waals surface area contributed by atoms with Crippen molar-refractivity contribution in [2.45, 2.75) is 25.5 Å². The number of carbonyl (C=O) groups is 1. The predicted octanol–water partition coefficient (Wildman–Crippen LogP) is -0.782. The summed E-state index contributed by atoms with van der Waals surface area (Å²) in [4.78, 5) is 12.7. The van der Waals surface area contributed by atoms with Gasteiger partial charge in [0.1, 0.15) is 0 Å². The molecule has 0 aromatic carbocycles. The lowest BCUT2D eigenvalue weighted by Gasteiger charge is -2.22. The first kappa shape index (κ1) is 14.4. The highest BCUT2D eigenvalue weighted by Crippen LogP contribution is 2.12. The van der Waals surface area contributed by atoms with Crippen LogP contribution in [0.5, 0.6) is 0 Å². The largest absolute Gasteiger partial charge is 0.369 e. The minimum Gasteiger partial charge on any atom is -0.369 e. The molecule has 6 nitrogen and oxygen atoms in total. The Bertz CT molecular complexity index is 367. The molecular formula is C10H21N3O3S. The van der Waals surface area contributed by atoms with E-state index in [9.17, 15) is 13.2 Å². The summed E-state index contributed by atoms with van der Waals surface area (Å²) in [7, 11) is -3.18. The number of rotatable bonds is 4. The number of sulfonamides is 1. The molecule has 0 atom stereocenters. The zero-order chi connectivity index (χ0) is 13.1. The van der Waals surface area contributed by atoms with E-state index in [1.807, 2.05) is 4.90 Å². The first-order valence-corrected chi connectivity index (χ1v) is 7.34. The summed E-state index contributed by atoms with van der Waals surface area (Å²) in [5.74, 6) is -0.370. The number of primary amides is 1. The third-order valence-corrected chi connectivity index (χ3v) is 5.16. The maximum absolute atomic E-state index is 12.0. The van der Waals surface area contributed by atoms with Gasteiger partial charge in [-0.15, -0.1) is 0 Å². The summed E-state index contributed by atoms with van der Waals surface area (Å²) >= 11 is 0. The van der Waals surface area contributed by atoms with Crippen LogP contribution in [0.1, 0.15) is 20.3 Å². The first-order chi connectivity index (χ1) is 7.84. The molecule has 1 rings (SSSR count). The molecule has 0 aliphatic carbocycles. The van der Waals surface area contributed by atoms with Gasteiger partial charge in [-0.3, -0.25) is 9.69 Å². The Morgan fingerprint density at radius 3 is 2.41 bits per heavy atom. The standard InChI is InChI=1S/C10H21N3O3S/c1-9(2)17(15,16)13-5-3-4-12(6-7-13)8-10(11)14/h9H,3-8H2,1-2H3,(H2,11,14). The van der Waals surface area contributed by atoms with E-state index in [2.05, 4.69) is 0 Å². The van der Waals surface area contributed by atoms with Crippen molar-refractivity contribution in [3.8, 4) is 0 Å². The van der Waals surface area contributed by atoms with Gasteiger partial charge in [-0.05, 0) is 26.8 Å². The van der Waals surface area contributed by atoms with Gasteiger partial charge in [0.25, 0.3) is 0 Å². The van der Waals surface area contributed by atoms with Crippen molar-refractivity contribution in [1.29, 1.82) is 0 Å². The summed E-state index contributed by atoms with van der Waals surface area (Å²) in [5.41, 5.74) is 5.13. The third-order valence-electron chi connectivity index (χ3n) is 2.88. The van der Waals surface area contributed by atoms with Gasteiger partial charge in [-0.1, -0.05) is 0 Å². The molecule has 1 aliphatic rings. The van der Waals surface area contributed by atoms with Crippen LogP contribution in [-0.2, 0) is 14.8 Å². The molecule has 0 radical (unpaired) electrons. The molecule has 0 aromatic rings. The van der Waals surface area contributed by atoms with Crippen LogP contribution in [0.2, 0.25) is 0 Å². The Balaban J connectivity index is 2.62. The molecule has 1 fully saturated rings. The number of nitrogens with two attached hydrogens (primary N) is 1. The van der Waals surface area contributed by atoms with Crippen molar-refractivity contribution in [1.82, 2.24) is 9.21 Å². The molecule has 1 heterocycles. The molecule has 7 heteroatoms.